The number of carbonyl (C=O) groups excluding carboxylic acids is 2. The lowest BCUT2D eigenvalue weighted by atomic mass is 9.85. The van der Waals surface area contributed by atoms with Gasteiger partial charge in [-0.25, -0.2) is 8.42 Å². The smallest absolute Gasteiger partial charge is 0.416 e. The Labute approximate surface area is 201 Å². The first-order valence-corrected chi connectivity index (χ1v) is 12.5. The lowest BCUT2D eigenvalue weighted by Gasteiger charge is -2.31. The van der Waals surface area contributed by atoms with E-state index in [9.17, 15) is 31.2 Å². The molecule has 0 radical (unpaired) electrons. The summed E-state index contributed by atoms with van der Waals surface area (Å²) >= 11 is 0. The highest BCUT2D eigenvalue weighted by Crippen LogP contribution is 2.49. The molecular formula is C25H24F3NO5S. The van der Waals surface area contributed by atoms with Gasteiger partial charge in [-0.2, -0.15) is 17.5 Å². The van der Waals surface area contributed by atoms with Gasteiger partial charge in [-0.15, -0.1) is 0 Å². The number of rotatable bonds is 5. The summed E-state index contributed by atoms with van der Waals surface area (Å²) in [6, 6.07) is 8.11. The highest BCUT2D eigenvalue weighted by atomic mass is 32.2. The number of alkyl halides is 3. The van der Waals surface area contributed by atoms with Crippen LogP contribution in [0.5, 0.6) is 0 Å². The number of halogens is 3. The number of hydrogen-bond acceptors (Lipinski definition) is 5. The van der Waals surface area contributed by atoms with Crippen molar-refractivity contribution in [2.24, 2.45) is 0 Å². The molecule has 0 spiro atoms. The predicted octanol–water partition coefficient (Wildman–Crippen LogP) is 4.74. The Morgan fingerprint density at radius 1 is 1.06 bits per heavy atom. The maximum Gasteiger partial charge on any atom is 0.416 e. The van der Waals surface area contributed by atoms with Crippen LogP contribution in [-0.4, -0.2) is 37.6 Å². The fourth-order valence-electron chi connectivity index (χ4n) is 4.78. The van der Waals surface area contributed by atoms with Crippen molar-refractivity contribution in [2.45, 2.75) is 55.8 Å². The molecule has 0 saturated carbocycles. The molecule has 0 aromatic heterocycles. The molecule has 2 unspecified atom stereocenters. The second kappa shape index (κ2) is 9.23. The van der Waals surface area contributed by atoms with E-state index >= 15 is 0 Å². The Kier molecular flexibility index (Phi) is 6.63. The molecule has 1 aliphatic carbocycles. The highest BCUT2D eigenvalue weighted by molar-refractivity contribution is 7.89. The topological polar surface area (TPSA) is 80.8 Å². The summed E-state index contributed by atoms with van der Waals surface area (Å²) in [7, 11) is -3.08. The summed E-state index contributed by atoms with van der Waals surface area (Å²) in [5.74, 6) is -0.926. The maximum absolute atomic E-state index is 13.9. The zero-order chi connectivity index (χ0) is 25.5. The Morgan fingerprint density at radius 2 is 1.69 bits per heavy atom. The molecule has 6 nitrogen and oxygen atoms in total. The number of aryl methyl sites for hydroxylation is 1. The van der Waals surface area contributed by atoms with Gasteiger partial charge in [-0.1, -0.05) is 29.8 Å². The van der Waals surface area contributed by atoms with E-state index in [2.05, 4.69) is 0 Å². The maximum atomic E-state index is 13.9. The van der Waals surface area contributed by atoms with Crippen LogP contribution in [0.15, 0.2) is 64.6 Å². The van der Waals surface area contributed by atoms with E-state index in [1.54, 1.807) is 19.1 Å². The fraction of sp³-hybridized carbons (Fsp3) is 0.360. The Balaban J connectivity index is 1.92. The molecular weight excluding hydrogens is 483 g/mol. The number of ketones is 1. The van der Waals surface area contributed by atoms with Crippen molar-refractivity contribution in [1.82, 2.24) is 4.31 Å². The second-order valence-corrected chi connectivity index (χ2v) is 10.5. The average Bonchev–Trinajstić information content (AvgIpc) is 3.15. The molecule has 0 bridgehead atoms. The highest BCUT2D eigenvalue weighted by Gasteiger charge is 2.51. The quantitative estimate of drug-likeness (QED) is 0.546. The molecule has 186 valence electrons. The number of carbonyl (C=O) groups is 2. The van der Waals surface area contributed by atoms with Crippen LogP contribution >= 0.6 is 0 Å². The molecule has 2 aromatic rings. The lowest BCUT2D eigenvalue weighted by molar-refractivity contribution is -0.141. The summed E-state index contributed by atoms with van der Waals surface area (Å²) in [5, 5.41) is 0. The van der Waals surface area contributed by atoms with Crippen LogP contribution in [0.1, 0.15) is 48.4 Å². The van der Waals surface area contributed by atoms with E-state index in [-0.39, 0.29) is 34.7 Å². The predicted molar refractivity (Wildman–Crippen MR) is 121 cm³/mol. The van der Waals surface area contributed by atoms with Crippen LogP contribution < -0.4 is 0 Å². The molecule has 4 rings (SSSR count). The summed E-state index contributed by atoms with van der Waals surface area (Å²) in [4.78, 5) is 25.3. The molecule has 0 fully saturated rings. The van der Waals surface area contributed by atoms with E-state index in [1.165, 1.54) is 31.4 Å². The standard InChI is InChI=1S/C25H24F3NO5S/c1-15-6-12-18(13-7-15)35(32,33)29-20(14-22(31)34-2)19-4-3-5-21(30)23(19)24(29)16-8-10-17(11-9-16)25(26,27)28/h6-13,20,24H,3-5,14H2,1-2H3. The zero-order valence-electron chi connectivity index (χ0n) is 19.1. The van der Waals surface area contributed by atoms with Crippen molar-refractivity contribution in [1.29, 1.82) is 0 Å². The molecule has 2 aliphatic rings. The van der Waals surface area contributed by atoms with Gasteiger partial charge in [0.05, 0.1) is 36.1 Å². The van der Waals surface area contributed by atoms with Crippen molar-refractivity contribution in [3.05, 3.63) is 76.4 Å². The summed E-state index contributed by atoms with van der Waals surface area (Å²) in [6.45, 7) is 1.80. The number of sulfonamides is 1. The number of nitrogens with zero attached hydrogens (tertiary/aromatic N) is 1. The van der Waals surface area contributed by atoms with Crippen LogP contribution in [0.2, 0.25) is 0 Å². The Bertz CT molecular complexity index is 1280. The van der Waals surface area contributed by atoms with Crippen LogP contribution in [0, 0.1) is 6.92 Å². The molecule has 0 amide bonds. The largest absolute Gasteiger partial charge is 0.469 e. The minimum Gasteiger partial charge on any atom is -0.469 e. The van der Waals surface area contributed by atoms with Gasteiger partial charge in [0.25, 0.3) is 0 Å². The second-order valence-electron chi connectivity index (χ2n) is 8.68. The van der Waals surface area contributed by atoms with E-state index in [1.807, 2.05) is 0 Å². The average molecular weight is 508 g/mol. The Hall–Kier alpha value is -2.98. The normalized spacial score (nSPS) is 21.2. The molecule has 2 aromatic carbocycles. The first-order chi connectivity index (χ1) is 16.4. The van der Waals surface area contributed by atoms with Crippen molar-refractivity contribution < 1.29 is 35.9 Å². The zero-order valence-corrected chi connectivity index (χ0v) is 19.9. The van der Waals surface area contributed by atoms with E-state index in [0.29, 0.717) is 18.4 Å². The summed E-state index contributed by atoms with van der Waals surface area (Å²) < 4.78 is 73.3. The van der Waals surface area contributed by atoms with E-state index < -0.39 is 39.8 Å². The van der Waals surface area contributed by atoms with Crippen LogP contribution in [0.25, 0.3) is 0 Å². The van der Waals surface area contributed by atoms with Gasteiger partial charge in [0.1, 0.15) is 0 Å². The number of hydrogen-bond donors (Lipinski definition) is 0. The van der Waals surface area contributed by atoms with Crippen molar-refractivity contribution in [3.8, 4) is 0 Å². The third-order valence-electron chi connectivity index (χ3n) is 6.47. The van der Waals surface area contributed by atoms with Crippen LogP contribution in [0.4, 0.5) is 13.2 Å². The molecule has 2 atom stereocenters. The minimum atomic E-state index is -4.57. The van der Waals surface area contributed by atoms with E-state index in [4.69, 9.17) is 4.74 Å². The van der Waals surface area contributed by atoms with Crippen molar-refractivity contribution in [2.75, 3.05) is 7.11 Å². The molecule has 1 heterocycles. The molecule has 10 heteroatoms. The number of esters is 1. The molecule has 1 aliphatic heterocycles. The summed E-state index contributed by atoms with van der Waals surface area (Å²) in [6.07, 6.45) is -3.79. The van der Waals surface area contributed by atoms with Gasteiger partial charge in [0, 0.05) is 12.0 Å². The van der Waals surface area contributed by atoms with Gasteiger partial charge < -0.3 is 4.74 Å². The Morgan fingerprint density at radius 3 is 2.26 bits per heavy atom. The fourth-order valence-corrected chi connectivity index (χ4v) is 6.55. The lowest BCUT2D eigenvalue weighted by Crippen LogP contribution is -2.41. The number of methoxy groups -OCH3 is 1. The van der Waals surface area contributed by atoms with Crippen LogP contribution in [-0.2, 0) is 30.5 Å². The number of Topliss-reactive ketones (excluding diaryl/α,β-unsaturated/α-hetero) is 1. The van der Waals surface area contributed by atoms with Gasteiger partial charge in [-0.3, -0.25) is 9.59 Å². The van der Waals surface area contributed by atoms with Crippen molar-refractivity contribution in [3.63, 3.8) is 0 Å². The first kappa shape index (κ1) is 25.1. The first-order valence-electron chi connectivity index (χ1n) is 11.1. The third kappa shape index (κ3) is 4.64. The third-order valence-corrected chi connectivity index (χ3v) is 8.36. The van der Waals surface area contributed by atoms with Gasteiger partial charge in [0.15, 0.2) is 5.78 Å². The molecule has 0 N–H and O–H groups in total. The minimum absolute atomic E-state index is 0.0397. The van der Waals surface area contributed by atoms with Gasteiger partial charge >= 0.3 is 12.1 Å². The SMILES string of the molecule is COC(=O)CC1C2=C(C(=O)CCC2)C(c2ccc(C(F)(F)F)cc2)N1S(=O)(=O)c1ccc(C)cc1. The van der Waals surface area contributed by atoms with E-state index in [0.717, 1.165) is 22.0 Å². The van der Waals surface area contributed by atoms with Crippen LogP contribution in [0.3, 0.4) is 0 Å². The van der Waals surface area contributed by atoms with Gasteiger partial charge in [0.2, 0.25) is 10.0 Å². The number of benzene rings is 2. The van der Waals surface area contributed by atoms with Crippen molar-refractivity contribution >= 4 is 21.8 Å². The monoisotopic (exact) mass is 507 g/mol. The molecule has 0 saturated heterocycles. The van der Waals surface area contributed by atoms with Gasteiger partial charge in [-0.05, 0) is 55.2 Å². The number of ether oxygens (including phenoxy) is 1. The molecule has 35 heavy (non-hydrogen) atoms. The summed E-state index contributed by atoms with van der Waals surface area (Å²) in [5.41, 5.74) is 0.933.